The summed E-state index contributed by atoms with van der Waals surface area (Å²) in [6.45, 7) is 4.11. The molecule has 3 heteroatoms. The largest absolute Gasteiger partial charge is 0.385 e. The molecule has 0 radical (unpaired) electrons. The Bertz CT molecular complexity index is 375. The van der Waals surface area contributed by atoms with Gasteiger partial charge in [0.15, 0.2) is 0 Å². The van der Waals surface area contributed by atoms with Gasteiger partial charge in [0.2, 0.25) is 0 Å². The van der Waals surface area contributed by atoms with Crippen molar-refractivity contribution in [2.45, 2.75) is 32.3 Å². The normalized spacial score (nSPS) is 29.2. The van der Waals surface area contributed by atoms with E-state index in [4.69, 9.17) is 0 Å². The van der Waals surface area contributed by atoms with Gasteiger partial charge in [-0.15, -0.1) is 0 Å². The predicted molar refractivity (Wildman–Crippen MR) is 57.8 cm³/mol. The third-order valence-electron chi connectivity index (χ3n) is 3.57. The molecule has 1 aliphatic rings. The molecule has 1 aromatic rings. The molecule has 0 aliphatic heterocycles. The zero-order chi connectivity index (χ0) is 11.9. The Morgan fingerprint density at radius 1 is 1.25 bits per heavy atom. The van der Waals surface area contributed by atoms with Gasteiger partial charge in [-0.2, -0.15) is 0 Å². The smallest absolute Gasteiger partial charge is 0.132 e. The van der Waals surface area contributed by atoms with Crippen molar-refractivity contribution >= 4 is 0 Å². The van der Waals surface area contributed by atoms with Crippen LogP contribution < -0.4 is 0 Å². The number of hydrogen-bond donors (Lipinski definition) is 1. The first-order chi connectivity index (χ1) is 7.44. The van der Waals surface area contributed by atoms with Crippen molar-refractivity contribution in [1.29, 1.82) is 0 Å². The zero-order valence-corrected chi connectivity index (χ0v) is 9.50. The summed E-state index contributed by atoms with van der Waals surface area (Å²) in [4.78, 5) is 0. The van der Waals surface area contributed by atoms with E-state index in [2.05, 4.69) is 13.8 Å². The summed E-state index contributed by atoms with van der Waals surface area (Å²) in [6, 6.07) is 3.70. The lowest BCUT2D eigenvalue weighted by Gasteiger charge is -2.46. The highest BCUT2D eigenvalue weighted by Crippen LogP contribution is 2.49. The predicted octanol–water partition coefficient (Wildman–Crippen LogP) is 3.22. The summed E-state index contributed by atoms with van der Waals surface area (Å²) in [5.41, 5.74) is -1.46. The van der Waals surface area contributed by atoms with Crippen LogP contribution >= 0.6 is 0 Å². The van der Waals surface area contributed by atoms with E-state index in [0.29, 0.717) is 24.7 Å². The fourth-order valence-corrected chi connectivity index (χ4v) is 2.43. The molecule has 0 saturated heterocycles. The monoisotopic (exact) mass is 226 g/mol. The first-order valence-electron chi connectivity index (χ1n) is 5.61. The number of rotatable bonds is 2. The minimum absolute atomic E-state index is 0.160. The second-order valence-corrected chi connectivity index (χ2v) is 5.04. The van der Waals surface area contributed by atoms with Gasteiger partial charge in [0.25, 0.3) is 0 Å². The highest BCUT2D eigenvalue weighted by atomic mass is 19.1. The standard InChI is InChI=1S/C13H16F2O/c1-8(2)9-6-13(16,7-9)12-10(14)4-3-5-11(12)15/h3-5,8-9,16H,6-7H2,1-2H3. The third-order valence-corrected chi connectivity index (χ3v) is 3.57. The lowest BCUT2D eigenvalue weighted by molar-refractivity contribution is -0.0978. The van der Waals surface area contributed by atoms with E-state index in [-0.39, 0.29) is 5.56 Å². The Morgan fingerprint density at radius 3 is 2.19 bits per heavy atom. The molecule has 0 spiro atoms. The van der Waals surface area contributed by atoms with Crippen LogP contribution in [0, 0.1) is 23.5 Å². The fraction of sp³-hybridized carbons (Fsp3) is 0.538. The van der Waals surface area contributed by atoms with E-state index in [1.807, 2.05) is 0 Å². The van der Waals surface area contributed by atoms with Crippen molar-refractivity contribution in [3.05, 3.63) is 35.4 Å². The van der Waals surface area contributed by atoms with Gasteiger partial charge >= 0.3 is 0 Å². The molecule has 1 N–H and O–H groups in total. The molecule has 1 aromatic carbocycles. The van der Waals surface area contributed by atoms with Gasteiger partial charge in [0, 0.05) is 0 Å². The van der Waals surface area contributed by atoms with E-state index in [0.717, 1.165) is 0 Å². The van der Waals surface area contributed by atoms with Crippen LogP contribution in [0.15, 0.2) is 18.2 Å². The number of halogens is 2. The molecule has 0 bridgehead atoms. The van der Waals surface area contributed by atoms with Gasteiger partial charge in [-0.05, 0) is 36.8 Å². The summed E-state index contributed by atoms with van der Waals surface area (Å²) in [5.74, 6) is -0.506. The van der Waals surface area contributed by atoms with Crippen LogP contribution in [-0.2, 0) is 5.60 Å². The Morgan fingerprint density at radius 2 is 1.75 bits per heavy atom. The van der Waals surface area contributed by atoms with Crippen molar-refractivity contribution in [2.75, 3.05) is 0 Å². The summed E-state index contributed by atoms with van der Waals surface area (Å²) in [5, 5.41) is 10.2. The van der Waals surface area contributed by atoms with Crippen LogP contribution in [0.4, 0.5) is 8.78 Å². The molecule has 0 unspecified atom stereocenters. The molecule has 16 heavy (non-hydrogen) atoms. The molecule has 0 atom stereocenters. The van der Waals surface area contributed by atoms with Gasteiger partial charge < -0.3 is 5.11 Å². The molecule has 0 aromatic heterocycles. The fourth-order valence-electron chi connectivity index (χ4n) is 2.43. The van der Waals surface area contributed by atoms with Crippen molar-refractivity contribution in [2.24, 2.45) is 11.8 Å². The SMILES string of the molecule is CC(C)C1CC(O)(c2c(F)cccc2F)C1. The van der Waals surface area contributed by atoms with E-state index in [1.54, 1.807) is 0 Å². The Hall–Kier alpha value is -0.960. The maximum atomic E-state index is 13.5. The average molecular weight is 226 g/mol. The first kappa shape index (κ1) is 11.5. The Labute approximate surface area is 94.1 Å². The number of aliphatic hydroxyl groups is 1. The second kappa shape index (κ2) is 3.81. The molecule has 88 valence electrons. The third kappa shape index (κ3) is 1.73. The van der Waals surface area contributed by atoms with Gasteiger partial charge in [-0.1, -0.05) is 19.9 Å². The summed E-state index contributed by atoms with van der Waals surface area (Å²) < 4.78 is 27.0. The van der Waals surface area contributed by atoms with Crippen molar-refractivity contribution in [3.8, 4) is 0 Å². The second-order valence-electron chi connectivity index (χ2n) is 5.04. The van der Waals surface area contributed by atoms with E-state index in [1.165, 1.54) is 18.2 Å². The lowest BCUT2D eigenvalue weighted by atomic mass is 9.63. The highest BCUT2D eigenvalue weighted by molar-refractivity contribution is 5.28. The molecule has 2 rings (SSSR count). The van der Waals surface area contributed by atoms with E-state index < -0.39 is 17.2 Å². The zero-order valence-electron chi connectivity index (χ0n) is 9.50. The molecular formula is C13H16F2O. The van der Waals surface area contributed by atoms with Gasteiger partial charge in [0.05, 0.1) is 11.2 Å². The Balaban J connectivity index is 2.26. The van der Waals surface area contributed by atoms with Gasteiger partial charge in [-0.3, -0.25) is 0 Å². The summed E-state index contributed by atoms with van der Waals surface area (Å²) >= 11 is 0. The van der Waals surface area contributed by atoms with Gasteiger partial charge in [0.1, 0.15) is 11.6 Å². The summed E-state index contributed by atoms with van der Waals surface area (Å²) in [7, 11) is 0. The van der Waals surface area contributed by atoms with Crippen LogP contribution in [0.25, 0.3) is 0 Å². The molecule has 1 saturated carbocycles. The average Bonchev–Trinajstić information content (AvgIpc) is 2.13. The van der Waals surface area contributed by atoms with Crippen LogP contribution in [0.1, 0.15) is 32.3 Å². The molecule has 0 amide bonds. The maximum absolute atomic E-state index is 13.5. The lowest BCUT2D eigenvalue weighted by Crippen LogP contribution is -2.44. The molecule has 1 aliphatic carbocycles. The van der Waals surface area contributed by atoms with Crippen molar-refractivity contribution < 1.29 is 13.9 Å². The topological polar surface area (TPSA) is 20.2 Å². The molecule has 1 fully saturated rings. The highest BCUT2D eigenvalue weighted by Gasteiger charge is 2.47. The Kier molecular flexibility index (Phi) is 2.74. The van der Waals surface area contributed by atoms with Gasteiger partial charge in [-0.25, -0.2) is 8.78 Å². The van der Waals surface area contributed by atoms with Crippen LogP contribution in [0.2, 0.25) is 0 Å². The van der Waals surface area contributed by atoms with Crippen molar-refractivity contribution in [1.82, 2.24) is 0 Å². The number of hydrogen-bond acceptors (Lipinski definition) is 1. The molecule has 1 nitrogen and oxygen atoms in total. The van der Waals surface area contributed by atoms with Crippen LogP contribution in [-0.4, -0.2) is 5.11 Å². The first-order valence-corrected chi connectivity index (χ1v) is 5.61. The molecular weight excluding hydrogens is 210 g/mol. The quantitative estimate of drug-likeness (QED) is 0.821. The maximum Gasteiger partial charge on any atom is 0.132 e. The van der Waals surface area contributed by atoms with E-state index >= 15 is 0 Å². The van der Waals surface area contributed by atoms with Crippen LogP contribution in [0.5, 0.6) is 0 Å². The summed E-state index contributed by atoms with van der Waals surface area (Å²) in [6.07, 6.45) is 0.894. The minimum atomic E-state index is -1.30. The van der Waals surface area contributed by atoms with Crippen molar-refractivity contribution in [3.63, 3.8) is 0 Å². The van der Waals surface area contributed by atoms with Crippen LogP contribution in [0.3, 0.4) is 0 Å². The minimum Gasteiger partial charge on any atom is -0.385 e. The molecule has 0 heterocycles. The van der Waals surface area contributed by atoms with E-state index in [9.17, 15) is 13.9 Å². The number of benzene rings is 1.